The van der Waals surface area contributed by atoms with E-state index in [-0.39, 0.29) is 0 Å². The summed E-state index contributed by atoms with van der Waals surface area (Å²) in [5.41, 5.74) is 0. The standard InChI is InChI=1S/H7NOSi2/c2-1(3)4/h2H,3-4H3. The van der Waals surface area contributed by atoms with Crippen molar-refractivity contribution in [1.29, 1.82) is 0 Å². The molecule has 0 aromatic heterocycles. The molecule has 1 N–H and O–H groups in total. The van der Waals surface area contributed by atoms with Crippen molar-refractivity contribution in [2.75, 3.05) is 0 Å². The lowest BCUT2D eigenvalue weighted by Gasteiger charge is -1.90. The highest BCUT2D eigenvalue weighted by Gasteiger charge is 1.60. The predicted molar refractivity (Wildman–Crippen MR) is 23.5 cm³/mol. The molecule has 0 spiro atoms. The Kier molecular flexibility index (Phi) is 1.80. The lowest BCUT2D eigenvalue weighted by Crippen LogP contribution is -2.07. The topological polar surface area (TPSA) is 23.5 Å². The van der Waals surface area contributed by atoms with Crippen molar-refractivity contribution in [2.24, 2.45) is 0 Å². The van der Waals surface area contributed by atoms with Gasteiger partial charge in [-0.25, -0.2) is 0 Å². The Morgan fingerprint density at radius 3 is 1.50 bits per heavy atom. The average molecular weight is 93.2 g/mol. The number of nitrogens with zero attached hydrogens (tertiary/aromatic N) is 1. The molecule has 4 heteroatoms. The van der Waals surface area contributed by atoms with Gasteiger partial charge in [-0.15, -0.1) is 0 Å². The second kappa shape index (κ2) is 1.65. The Morgan fingerprint density at radius 1 is 1.50 bits per heavy atom. The lowest BCUT2D eigenvalue weighted by molar-refractivity contribution is 0.102. The molecule has 0 atom stereocenters. The molecule has 0 aromatic carbocycles. The molecular weight excluding hydrogens is 86.2 g/mol. The van der Waals surface area contributed by atoms with E-state index in [4.69, 9.17) is 5.21 Å². The Hall–Kier alpha value is 0.354. The van der Waals surface area contributed by atoms with Gasteiger partial charge in [-0.1, -0.05) is 0 Å². The van der Waals surface area contributed by atoms with Gasteiger partial charge in [0.05, 0.1) is 0 Å². The van der Waals surface area contributed by atoms with Crippen LogP contribution in [0, 0.1) is 0 Å². The molecule has 0 aliphatic rings. The summed E-state index contributed by atoms with van der Waals surface area (Å²) >= 11 is 0. The maximum Gasteiger partial charge on any atom is 0.101 e. The van der Waals surface area contributed by atoms with E-state index < -0.39 is 0 Å². The van der Waals surface area contributed by atoms with Gasteiger partial charge < -0.3 is 5.21 Å². The van der Waals surface area contributed by atoms with Crippen LogP contribution in [-0.2, 0) is 0 Å². The zero-order valence-electron chi connectivity index (χ0n) is 2.89. The second-order valence-corrected chi connectivity index (χ2v) is 5.22. The van der Waals surface area contributed by atoms with Gasteiger partial charge in [-0.05, 0) is 0 Å². The van der Waals surface area contributed by atoms with Gasteiger partial charge in [0.25, 0.3) is 0 Å². The van der Waals surface area contributed by atoms with Crippen LogP contribution >= 0.6 is 0 Å². The maximum absolute atomic E-state index is 8.01. The van der Waals surface area contributed by atoms with Gasteiger partial charge in [0, 0.05) is 0 Å². The zero-order chi connectivity index (χ0) is 3.58. The third-order valence-electron chi connectivity index (χ3n) is 0. The van der Waals surface area contributed by atoms with Crippen LogP contribution in [0.25, 0.3) is 0 Å². The van der Waals surface area contributed by atoms with Crippen LogP contribution in [0.3, 0.4) is 0 Å². The van der Waals surface area contributed by atoms with Crippen LogP contribution in [0.5, 0.6) is 0 Å². The van der Waals surface area contributed by atoms with E-state index in [0.717, 1.165) is 20.8 Å². The molecule has 0 bridgehead atoms. The summed E-state index contributed by atoms with van der Waals surface area (Å²) in [7, 11) is 1.60. The minimum absolute atomic E-state index is 0.799. The van der Waals surface area contributed by atoms with E-state index in [1.807, 2.05) is 0 Å². The van der Waals surface area contributed by atoms with Gasteiger partial charge in [-0.2, -0.15) is 0 Å². The second-order valence-electron chi connectivity index (χ2n) is 0.847. The van der Waals surface area contributed by atoms with E-state index in [1.54, 1.807) is 0 Å². The fourth-order valence-electron chi connectivity index (χ4n) is 0. The first-order valence-corrected chi connectivity index (χ1v) is 2.88. The highest BCUT2D eigenvalue weighted by atomic mass is 28.2. The smallest absolute Gasteiger partial charge is 0.101 e. The summed E-state index contributed by atoms with van der Waals surface area (Å²) in [6.07, 6.45) is 0. The van der Waals surface area contributed by atoms with Gasteiger partial charge in [0.2, 0.25) is 0 Å². The van der Waals surface area contributed by atoms with E-state index >= 15 is 0 Å². The molecular formula is H7NOSi2. The molecule has 2 nitrogen and oxygen atoms in total. The molecule has 0 aliphatic heterocycles. The summed E-state index contributed by atoms with van der Waals surface area (Å²) in [6.45, 7) is 0. The molecule has 0 aromatic rings. The van der Waals surface area contributed by atoms with Crippen molar-refractivity contribution in [3.05, 3.63) is 0 Å². The fourth-order valence-corrected chi connectivity index (χ4v) is 0. The maximum atomic E-state index is 8.01. The Balaban J connectivity index is 2.32. The summed E-state index contributed by atoms with van der Waals surface area (Å²) in [6, 6.07) is 0. The number of hydrogen-bond acceptors (Lipinski definition) is 2. The minimum Gasteiger partial charge on any atom is -0.330 e. The van der Waals surface area contributed by atoms with Crippen molar-refractivity contribution in [2.45, 2.75) is 0 Å². The summed E-state index contributed by atoms with van der Waals surface area (Å²) in [5.74, 6) is 0. The molecule has 4 heavy (non-hydrogen) atoms. The van der Waals surface area contributed by atoms with Gasteiger partial charge in [0.1, 0.15) is 20.8 Å². The first-order chi connectivity index (χ1) is 1.73. The minimum atomic E-state index is 0.799. The molecule has 26 valence electrons. The van der Waals surface area contributed by atoms with E-state index in [2.05, 4.69) is 0 Å². The van der Waals surface area contributed by atoms with E-state index in [9.17, 15) is 0 Å². The fraction of sp³-hybridized carbons (Fsp3) is 0. The quantitative estimate of drug-likeness (QED) is 0.259. The highest BCUT2D eigenvalue weighted by molar-refractivity contribution is 6.23. The predicted octanol–water partition coefficient (Wildman–Crippen LogP) is -2.76. The third kappa shape index (κ3) is 34.5. The van der Waals surface area contributed by atoms with Crippen molar-refractivity contribution < 1.29 is 5.21 Å². The van der Waals surface area contributed by atoms with Gasteiger partial charge >= 0.3 is 0 Å². The first-order valence-electron chi connectivity index (χ1n) is 1.09. The number of rotatable bonds is 0. The highest BCUT2D eigenvalue weighted by Crippen LogP contribution is 1.40. The van der Waals surface area contributed by atoms with E-state index in [1.165, 1.54) is 4.39 Å². The normalized spacial score (nSPS) is 10.5. The van der Waals surface area contributed by atoms with E-state index in [0.29, 0.717) is 0 Å². The Labute approximate surface area is 31.4 Å². The number of hydrogen-bond donors (Lipinski definition) is 1. The van der Waals surface area contributed by atoms with Gasteiger partial charge in [-0.3, -0.25) is 4.39 Å². The summed E-state index contributed by atoms with van der Waals surface area (Å²) < 4.78 is 1.28. The van der Waals surface area contributed by atoms with Crippen molar-refractivity contribution in [3.63, 3.8) is 0 Å². The molecule has 0 radical (unpaired) electrons. The van der Waals surface area contributed by atoms with Crippen LogP contribution in [0.4, 0.5) is 0 Å². The van der Waals surface area contributed by atoms with Crippen LogP contribution in [-0.4, -0.2) is 30.4 Å². The van der Waals surface area contributed by atoms with Crippen molar-refractivity contribution in [1.82, 2.24) is 4.39 Å². The monoisotopic (exact) mass is 93.0 g/mol. The summed E-state index contributed by atoms with van der Waals surface area (Å²) in [5, 5.41) is 8.01. The molecule has 0 rings (SSSR count). The SMILES string of the molecule is ON([SiH3])[SiH3]. The first kappa shape index (κ1) is 4.35. The largest absolute Gasteiger partial charge is 0.330 e. The van der Waals surface area contributed by atoms with Crippen molar-refractivity contribution in [3.8, 4) is 0 Å². The summed E-state index contributed by atoms with van der Waals surface area (Å²) in [4.78, 5) is 0. The molecule has 0 aliphatic carbocycles. The molecule has 0 saturated heterocycles. The van der Waals surface area contributed by atoms with Crippen LogP contribution < -0.4 is 0 Å². The third-order valence-corrected chi connectivity index (χ3v) is 0. The zero-order valence-corrected chi connectivity index (χ0v) is 6.89. The van der Waals surface area contributed by atoms with Crippen LogP contribution in [0.2, 0.25) is 0 Å². The van der Waals surface area contributed by atoms with Gasteiger partial charge in [0.15, 0.2) is 0 Å². The molecule has 0 amide bonds. The Bertz CT molecular complexity index is 10.8. The van der Waals surface area contributed by atoms with Crippen LogP contribution in [0.15, 0.2) is 0 Å². The van der Waals surface area contributed by atoms with Crippen molar-refractivity contribution >= 4 is 20.8 Å². The molecule has 0 fully saturated rings. The Morgan fingerprint density at radius 2 is 1.50 bits per heavy atom. The molecule has 0 saturated carbocycles. The molecule has 0 unspecified atom stereocenters. The molecule has 0 heterocycles. The van der Waals surface area contributed by atoms with Crippen LogP contribution in [0.1, 0.15) is 0 Å². The lowest BCUT2D eigenvalue weighted by atomic mass is 13.5. The average Bonchev–Trinajstić information content (AvgIpc) is 0.811.